The van der Waals surface area contributed by atoms with Crippen LogP contribution >= 0.6 is 11.6 Å². The van der Waals surface area contributed by atoms with Crippen molar-refractivity contribution in [3.8, 4) is 5.75 Å². The molecule has 4 heteroatoms. The van der Waals surface area contributed by atoms with E-state index in [1.807, 2.05) is 18.2 Å². The molecule has 0 saturated carbocycles. The van der Waals surface area contributed by atoms with E-state index in [2.05, 4.69) is 4.98 Å². The van der Waals surface area contributed by atoms with Crippen LogP contribution in [0.3, 0.4) is 0 Å². The molecule has 17 heavy (non-hydrogen) atoms. The number of aromatic nitrogens is 1. The topological polar surface area (TPSA) is 39.2 Å². The third-order valence-electron chi connectivity index (χ3n) is 1.88. The summed E-state index contributed by atoms with van der Waals surface area (Å²) in [6, 6.07) is 12.3. The van der Waals surface area contributed by atoms with Crippen LogP contribution in [-0.2, 0) is 0 Å². The second-order valence-electron chi connectivity index (χ2n) is 3.03. The van der Waals surface area contributed by atoms with Gasteiger partial charge in [-0.1, -0.05) is 6.07 Å². The number of pyridine rings is 1. The molecule has 0 spiro atoms. The Hall–Kier alpha value is -1.87. The summed E-state index contributed by atoms with van der Waals surface area (Å²) in [6.07, 6.45) is 3.50. The highest BCUT2D eigenvalue weighted by Crippen LogP contribution is 2.12. The zero-order chi connectivity index (χ0) is 12.5. The van der Waals surface area contributed by atoms with E-state index in [1.165, 1.54) is 0 Å². The van der Waals surface area contributed by atoms with Crippen LogP contribution in [-0.4, -0.2) is 17.3 Å². The van der Waals surface area contributed by atoms with Gasteiger partial charge in [0.2, 0.25) is 0 Å². The lowest BCUT2D eigenvalue weighted by atomic mass is 10.2. The molecule has 0 bridgehead atoms. The Labute approximate surface area is 105 Å². The third-order valence-corrected chi connectivity index (χ3v) is 2.10. The molecule has 2 aromatic rings. The molecule has 1 aromatic heterocycles. The van der Waals surface area contributed by atoms with Crippen molar-refractivity contribution in [3.05, 3.63) is 60.4 Å². The lowest BCUT2D eigenvalue weighted by Gasteiger charge is -1.98. The van der Waals surface area contributed by atoms with E-state index >= 15 is 0 Å². The minimum atomic E-state index is -0.451. The van der Waals surface area contributed by atoms with Crippen molar-refractivity contribution >= 4 is 16.8 Å². The molecule has 0 aliphatic heterocycles. The minimum absolute atomic E-state index is 0.451. The quantitative estimate of drug-likeness (QED) is 0.768. The summed E-state index contributed by atoms with van der Waals surface area (Å²) in [4.78, 5) is 14.4. The molecule has 3 nitrogen and oxygen atoms in total. The molecule has 0 unspecified atom stereocenters. The van der Waals surface area contributed by atoms with E-state index in [0.29, 0.717) is 11.3 Å². The van der Waals surface area contributed by atoms with Crippen molar-refractivity contribution in [2.24, 2.45) is 0 Å². The molecule has 0 aliphatic carbocycles. The predicted octanol–water partition coefficient (Wildman–Crippen LogP) is 3.16. The molecule has 0 N–H and O–H groups in total. The van der Waals surface area contributed by atoms with Crippen molar-refractivity contribution in [2.75, 3.05) is 7.11 Å². The van der Waals surface area contributed by atoms with E-state index in [1.54, 1.807) is 43.8 Å². The van der Waals surface area contributed by atoms with Gasteiger partial charge in [-0.3, -0.25) is 9.78 Å². The van der Waals surface area contributed by atoms with Crippen molar-refractivity contribution < 1.29 is 9.53 Å². The highest BCUT2D eigenvalue weighted by Gasteiger charge is 1.99. The first kappa shape index (κ1) is 13.2. The summed E-state index contributed by atoms with van der Waals surface area (Å²) in [7, 11) is 1.57. The van der Waals surface area contributed by atoms with Crippen LogP contribution < -0.4 is 4.74 Å². The zero-order valence-corrected chi connectivity index (χ0v) is 10.1. The maximum Gasteiger partial charge on any atom is 0.252 e. The largest absolute Gasteiger partial charge is 0.497 e. The standard InChI is InChI=1S/C8H7ClO2.C5H5N/c1-11-7-4-2-6(3-5-7)8(9)10;1-2-4-6-5-3-1/h2-5H,1H3;1-5H. The van der Waals surface area contributed by atoms with Gasteiger partial charge in [0.25, 0.3) is 5.24 Å². The van der Waals surface area contributed by atoms with Crippen molar-refractivity contribution in [3.63, 3.8) is 0 Å². The summed E-state index contributed by atoms with van der Waals surface area (Å²) in [6.45, 7) is 0. The fourth-order valence-electron chi connectivity index (χ4n) is 1.03. The van der Waals surface area contributed by atoms with Crippen LogP contribution in [0.25, 0.3) is 0 Å². The maximum absolute atomic E-state index is 10.6. The Morgan fingerprint density at radius 1 is 1.12 bits per heavy atom. The molecule has 0 atom stereocenters. The summed E-state index contributed by atoms with van der Waals surface area (Å²) >= 11 is 5.22. The normalized spacial score (nSPS) is 8.82. The first-order valence-electron chi connectivity index (χ1n) is 4.93. The number of halogens is 1. The van der Waals surface area contributed by atoms with Gasteiger partial charge in [0.1, 0.15) is 5.75 Å². The third kappa shape index (κ3) is 5.13. The Kier molecular flexibility index (Phi) is 5.75. The summed E-state index contributed by atoms with van der Waals surface area (Å²) < 4.78 is 4.89. The van der Waals surface area contributed by atoms with E-state index < -0.39 is 5.24 Å². The van der Waals surface area contributed by atoms with Crippen LogP contribution in [0, 0.1) is 0 Å². The number of hydrogen-bond donors (Lipinski definition) is 0. The number of hydrogen-bond acceptors (Lipinski definition) is 3. The van der Waals surface area contributed by atoms with Gasteiger partial charge in [-0.15, -0.1) is 0 Å². The van der Waals surface area contributed by atoms with E-state index in [9.17, 15) is 4.79 Å². The van der Waals surface area contributed by atoms with Gasteiger partial charge in [-0.2, -0.15) is 0 Å². The minimum Gasteiger partial charge on any atom is -0.497 e. The van der Waals surface area contributed by atoms with Crippen molar-refractivity contribution in [2.45, 2.75) is 0 Å². The molecule has 1 heterocycles. The molecule has 0 amide bonds. The van der Waals surface area contributed by atoms with Crippen LogP contribution in [0.15, 0.2) is 54.9 Å². The molecular formula is C13H12ClNO2. The lowest BCUT2D eigenvalue weighted by molar-refractivity contribution is 0.108. The summed E-state index contributed by atoms with van der Waals surface area (Å²) in [5, 5.41) is -0.451. The molecule has 2 rings (SSSR count). The van der Waals surface area contributed by atoms with Gasteiger partial charge < -0.3 is 4.74 Å². The first-order chi connectivity index (χ1) is 8.24. The van der Waals surface area contributed by atoms with Gasteiger partial charge in [0.05, 0.1) is 7.11 Å². The monoisotopic (exact) mass is 249 g/mol. The van der Waals surface area contributed by atoms with Crippen molar-refractivity contribution in [1.82, 2.24) is 4.98 Å². The number of carbonyl (C=O) groups excluding carboxylic acids is 1. The Bertz CT molecular complexity index is 416. The first-order valence-corrected chi connectivity index (χ1v) is 5.30. The predicted molar refractivity (Wildman–Crippen MR) is 67.4 cm³/mol. The number of methoxy groups -OCH3 is 1. The fourth-order valence-corrected chi connectivity index (χ4v) is 1.16. The van der Waals surface area contributed by atoms with Gasteiger partial charge in [0, 0.05) is 18.0 Å². The smallest absolute Gasteiger partial charge is 0.252 e. The Morgan fingerprint density at radius 3 is 2.00 bits per heavy atom. The molecule has 0 fully saturated rings. The molecule has 0 aliphatic rings. The second kappa shape index (κ2) is 7.41. The van der Waals surface area contributed by atoms with Crippen molar-refractivity contribution in [1.29, 1.82) is 0 Å². The highest BCUT2D eigenvalue weighted by atomic mass is 35.5. The average Bonchev–Trinajstić information content (AvgIpc) is 2.41. The van der Waals surface area contributed by atoms with Crippen LogP contribution in [0.4, 0.5) is 0 Å². The SMILES string of the molecule is COc1ccc(C(=O)Cl)cc1.c1ccncc1. The number of benzene rings is 1. The van der Waals surface area contributed by atoms with Crippen LogP contribution in [0.1, 0.15) is 10.4 Å². The van der Waals surface area contributed by atoms with E-state index in [4.69, 9.17) is 16.3 Å². The van der Waals surface area contributed by atoms with Crippen LogP contribution in [0.5, 0.6) is 5.75 Å². The van der Waals surface area contributed by atoms with Gasteiger partial charge >= 0.3 is 0 Å². The number of carbonyl (C=O) groups is 1. The molecular weight excluding hydrogens is 238 g/mol. The Morgan fingerprint density at radius 2 is 1.71 bits per heavy atom. The fraction of sp³-hybridized carbons (Fsp3) is 0.0769. The maximum atomic E-state index is 10.6. The molecule has 1 aromatic carbocycles. The zero-order valence-electron chi connectivity index (χ0n) is 9.34. The highest BCUT2D eigenvalue weighted by molar-refractivity contribution is 6.67. The second-order valence-corrected chi connectivity index (χ2v) is 3.37. The van der Waals surface area contributed by atoms with Gasteiger partial charge in [0.15, 0.2) is 0 Å². The van der Waals surface area contributed by atoms with Gasteiger partial charge in [-0.05, 0) is 48.0 Å². The van der Waals surface area contributed by atoms with Crippen LogP contribution in [0.2, 0.25) is 0 Å². The number of rotatable bonds is 2. The Balaban J connectivity index is 0.000000202. The summed E-state index contributed by atoms with van der Waals surface area (Å²) in [5.74, 6) is 0.715. The molecule has 88 valence electrons. The van der Waals surface area contributed by atoms with E-state index in [0.717, 1.165) is 0 Å². The molecule has 0 saturated heterocycles. The molecule has 0 radical (unpaired) electrons. The summed E-state index contributed by atoms with van der Waals surface area (Å²) in [5.41, 5.74) is 0.479. The number of nitrogens with zero attached hydrogens (tertiary/aromatic N) is 1. The lowest BCUT2D eigenvalue weighted by Crippen LogP contribution is -1.88. The average molecular weight is 250 g/mol. The van der Waals surface area contributed by atoms with E-state index in [-0.39, 0.29) is 0 Å². The number of ether oxygens (including phenoxy) is 1. The van der Waals surface area contributed by atoms with Gasteiger partial charge in [-0.25, -0.2) is 0 Å².